The van der Waals surface area contributed by atoms with Crippen molar-refractivity contribution < 1.29 is 24.3 Å². The van der Waals surface area contributed by atoms with Crippen LogP contribution in [0.4, 0.5) is 4.79 Å². The second-order valence-electron chi connectivity index (χ2n) is 12.6. The van der Waals surface area contributed by atoms with Crippen LogP contribution in [-0.4, -0.2) is 85.4 Å². The third-order valence-corrected chi connectivity index (χ3v) is 9.42. The zero-order chi connectivity index (χ0) is 34.7. The zero-order valence-electron chi connectivity index (χ0n) is 27.8. The van der Waals surface area contributed by atoms with Crippen molar-refractivity contribution in [1.29, 1.82) is 0 Å². The molecule has 2 saturated heterocycles. The quantitative estimate of drug-likeness (QED) is 0.151. The molecule has 3 aromatic carbocycles. The number of benzene rings is 3. The van der Waals surface area contributed by atoms with Crippen LogP contribution in [0, 0.1) is 0 Å². The van der Waals surface area contributed by atoms with Gasteiger partial charge in [0, 0.05) is 43.1 Å². The van der Waals surface area contributed by atoms with E-state index in [1.165, 1.54) is 0 Å². The molecule has 49 heavy (non-hydrogen) atoms. The Labute approximate surface area is 285 Å². The fourth-order valence-corrected chi connectivity index (χ4v) is 7.01. The fourth-order valence-electron chi connectivity index (χ4n) is 7.01. The summed E-state index contributed by atoms with van der Waals surface area (Å²) < 4.78 is 0. The smallest absolute Gasteiger partial charge is 0.334 e. The number of carbonyl (C=O) groups excluding carboxylic acids is 4. The number of hydrogen-bond donors (Lipinski definition) is 3. The Hall–Kier alpha value is -5.42. The Morgan fingerprint density at radius 3 is 2.51 bits per heavy atom. The van der Waals surface area contributed by atoms with Gasteiger partial charge in [0.1, 0.15) is 18.0 Å². The number of para-hydroxylation sites is 1. The molecule has 11 nitrogen and oxygen atoms in total. The summed E-state index contributed by atoms with van der Waals surface area (Å²) in [6, 6.07) is 20.1. The molecule has 3 atom stereocenters. The van der Waals surface area contributed by atoms with Crippen LogP contribution in [0.25, 0.3) is 10.9 Å². The summed E-state index contributed by atoms with van der Waals surface area (Å²) in [7, 11) is 0. The predicted molar refractivity (Wildman–Crippen MR) is 186 cm³/mol. The van der Waals surface area contributed by atoms with Gasteiger partial charge in [0.25, 0.3) is 0 Å². The molecule has 3 unspecified atom stereocenters. The molecular weight excluding hydrogens is 620 g/mol. The highest BCUT2D eigenvalue weighted by molar-refractivity contribution is 6.08. The van der Waals surface area contributed by atoms with Crippen LogP contribution < -0.4 is 5.32 Å². The van der Waals surface area contributed by atoms with Gasteiger partial charge >= 0.3 is 6.03 Å². The van der Waals surface area contributed by atoms with E-state index in [9.17, 15) is 24.3 Å². The zero-order valence-corrected chi connectivity index (χ0v) is 27.8. The average molecular weight is 663 g/mol. The maximum absolute atomic E-state index is 14.6. The van der Waals surface area contributed by atoms with E-state index >= 15 is 0 Å². The lowest BCUT2D eigenvalue weighted by Gasteiger charge is -2.56. The number of H-pyrrole nitrogens is 1. The number of Topliss-reactive ketones (excluding diaryl/α,β-unsaturated/α-hetero) is 1. The molecular formula is C38H42N6O5. The number of nitrogens with zero attached hydrogens (tertiary/aromatic N) is 4. The van der Waals surface area contributed by atoms with Crippen LogP contribution in [0.3, 0.4) is 0 Å². The van der Waals surface area contributed by atoms with Gasteiger partial charge in [-0.1, -0.05) is 73.7 Å². The Morgan fingerprint density at radius 1 is 1.04 bits per heavy atom. The number of carbonyl (C=O) groups is 4. The summed E-state index contributed by atoms with van der Waals surface area (Å²) >= 11 is 0. The van der Waals surface area contributed by atoms with Crippen LogP contribution in [0.1, 0.15) is 59.8 Å². The molecule has 0 bridgehead atoms. The van der Waals surface area contributed by atoms with Gasteiger partial charge in [0.05, 0.1) is 24.6 Å². The first-order chi connectivity index (χ1) is 23.7. The number of phenols is 1. The molecule has 0 saturated carbocycles. The number of hydrogen-bond acceptors (Lipinski definition) is 6. The van der Waals surface area contributed by atoms with E-state index in [2.05, 4.69) is 16.9 Å². The molecule has 4 aromatic rings. The van der Waals surface area contributed by atoms with Crippen molar-refractivity contribution in [2.24, 2.45) is 0 Å². The van der Waals surface area contributed by atoms with Crippen molar-refractivity contribution in [1.82, 2.24) is 30.1 Å². The number of amides is 4. The van der Waals surface area contributed by atoms with Gasteiger partial charge in [-0.3, -0.25) is 14.4 Å². The molecule has 3 heterocycles. The third-order valence-electron chi connectivity index (χ3n) is 9.42. The van der Waals surface area contributed by atoms with Gasteiger partial charge in [0.15, 0.2) is 5.78 Å². The van der Waals surface area contributed by atoms with E-state index in [1.54, 1.807) is 56.4 Å². The topological polar surface area (TPSA) is 129 Å². The van der Waals surface area contributed by atoms with Gasteiger partial charge in [-0.15, -0.1) is 6.58 Å². The van der Waals surface area contributed by atoms with Gasteiger partial charge < -0.3 is 25.2 Å². The lowest BCUT2D eigenvalue weighted by molar-refractivity contribution is -0.191. The average Bonchev–Trinajstić information content (AvgIpc) is 3.54. The number of phenolic OH excluding ortho intramolecular Hbond substituents is 1. The molecule has 0 radical (unpaired) electrons. The largest absolute Gasteiger partial charge is 0.508 e. The maximum Gasteiger partial charge on any atom is 0.334 e. The minimum atomic E-state index is -0.918. The molecule has 1 aromatic heterocycles. The molecule has 2 aliphatic rings. The second kappa shape index (κ2) is 14.4. The Bertz CT molecular complexity index is 1860. The molecule has 0 spiro atoms. The van der Waals surface area contributed by atoms with Crippen LogP contribution in [0.15, 0.2) is 91.6 Å². The third kappa shape index (κ3) is 6.66. The van der Waals surface area contributed by atoms with Crippen molar-refractivity contribution in [2.45, 2.75) is 57.9 Å². The highest BCUT2D eigenvalue weighted by Gasteiger charge is 2.52. The summed E-state index contributed by atoms with van der Waals surface area (Å²) in [5, 5.41) is 17.0. The number of hydrazine groups is 1. The highest BCUT2D eigenvalue weighted by Crippen LogP contribution is 2.36. The van der Waals surface area contributed by atoms with E-state index in [1.807, 2.05) is 62.4 Å². The number of rotatable bonds is 11. The number of aromatic amines is 1. The summed E-state index contributed by atoms with van der Waals surface area (Å²) in [6.45, 7) is 8.24. The first-order valence-electron chi connectivity index (χ1n) is 16.7. The molecule has 6 rings (SSSR count). The number of urea groups is 1. The van der Waals surface area contributed by atoms with Crippen LogP contribution in [0.2, 0.25) is 0 Å². The van der Waals surface area contributed by atoms with Crippen molar-refractivity contribution in [3.63, 3.8) is 0 Å². The molecule has 254 valence electrons. The van der Waals surface area contributed by atoms with E-state index in [-0.39, 0.29) is 55.9 Å². The summed E-state index contributed by atoms with van der Waals surface area (Å²) in [5.41, 5.74) is 3.89. The van der Waals surface area contributed by atoms with Crippen molar-refractivity contribution >= 4 is 34.5 Å². The molecule has 2 aliphatic heterocycles. The minimum absolute atomic E-state index is 0.0531. The summed E-state index contributed by atoms with van der Waals surface area (Å²) in [6.07, 6.45) is 3.92. The predicted octanol–water partition coefficient (Wildman–Crippen LogP) is 5.15. The molecule has 11 heteroatoms. The van der Waals surface area contributed by atoms with Gasteiger partial charge in [-0.25, -0.2) is 14.8 Å². The molecule has 0 aliphatic carbocycles. The van der Waals surface area contributed by atoms with E-state index in [4.69, 9.17) is 0 Å². The number of fused-ring (bicyclic) bond motifs is 2. The first kappa shape index (κ1) is 33.5. The molecule has 2 fully saturated rings. The van der Waals surface area contributed by atoms with E-state index in [0.29, 0.717) is 12.0 Å². The van der Waals surface area contributed by atoms with Gasteiger partial charge in [-0.2, -0.15) is 0 Å². The lowest BCUT2D eigenvalue weighted by atomic mass is 9.95. The van der Waals surface area contributed by atoms with Gasteiger partial charge in [0.2, 0.25) is 11.8 Å². The second-order valence-corrected chi connectivity index (χ2v) is 12.6. The maximum atomic E-state index is 14.6. The van der Waals surface area contributed by atoms with Crippen LogP contribution >= 0.6 is 0 Å². The van der Waals surface area contributed by atoms with Crippen molar-refractivity contribution in [3.8, 4) is 5.75 Å². The number of aromatic nitrogens is 1. The first-order valence-corrected chi connectivity index (χ1v) is 16.7. The van der Waals surface area contributed by atoms with Crippen molar-refractivity contribution in [3.05, 3.63) is 114 Å². The van der Waals surface area contributed by atoms with Crippen LogP contribution in [-0.2, 0) is 22.6 Å². The van der Waals surface area contributed by atoms with E-state index in [0.717, 1.165) is 34.0 Å². The Balaban J connectivity index is 1.40. The minimum Gasteiger partial charge on any atom is -0.508 e. The number of piperazine rings is 1. The SMILES string of the molecule is C=CCN1CC(=O)N2C(Cc3ccc(O)cc3)C(=O)N(C(C)c3cccc4c(C(=O)CCC)c[nH]c34)CC2N1C(=O)NCc1ccccc1. The highest BCUT2D eigenvalue weighted by atomic mass is 16.3. The molecule has 4 amide bonds. The standard InChI is InChI=1S/C38H42N6O5/c1-4-10-33(46)31-22-39-36-29(13-9-14-30(31)36)25(3)42-23-34-43(32(37(42)48)20-26-15-17-28(45)18-16-26)35(47)24-41(19-5-2)44(34)38(49)40-21-27-11-7-6-8-12-27/h5-9,11-18,22,25,32,34,39,45H,2,4,10,19-21,23-24H2,1,3H3,(H,40,49). The Kier molecular flexibility index (Phi) is 9.82. The number of nitrogens with one attached hydrogen (secondary N) is 2. The Morgan fingerprint density at radius 2 is 1.80 bits per heavy atom. The number of aromatic hydroxyl groups is 1. The summed E-state index contributed by atoms with van der Waals surface area (Å²) in [4.78, 5) is 62.1. The molecule has 3 N–H and O–H groups in total. The normalized spacial score (nSPS) is 18.8. The summed E-state index contributed by atoms with van der Waals surface area (Å²) in [5.74, 6) is -0.373. The van der Waals surface area contributed by atoms with Crippen molar-refractivity contribution in [2.75, 3.05) is 19.6 Å². The lowest BCUT2D eigenvalue weighted by Crippen LogP contribution is -2.76. The fraction of sp³-hybridized carbons (Fsp3) is 0.316. The van der Waals surface area contributed by atoms with Crippen LogP contribution in [0.5, 0.6) is 5.75 Å². The van der Waals surface area contributed by atoms with E-state index < -0.39 is 24.3 Å². The number of ketones is 1. The monoisotopic (exact) mass is 662 g/mol. The van der Waals surface area contributed by atoms with Gasteiger partial charge in [-0.05, 0) is 42.2 Å².